The van der Waals surface area contributed by atoms with Gasteiger partial charge in [-0.15, -0.1) is 0 Å². The number of hydrogen-bond donors (Lipinski definition) is 1. The minimum Gasteiger partial charge on any atom is -0.493 e. The molecule has 0 bridgehead atoms. The predicted octanol–water partition coefficient (Wildman–Crippen LogP) is 7.68. The Labute approximate surface area is 211 Å². The van der Waals surface area contributed by atoms with Crippen LogP contribution in [0.15, 0.2) is 95.6 Å². The molecule has 0 unspecified atom stereocenters. The molecule has 5 aromatic rings. The first-order valence-electron chi connectivity index (χ1n) is 12.2. The topological polar surface area (TPSA) is 51.5 Å². The minimum atomic E-state index is -0.141. The SMILES string of the molecule is CCOc1cc2occ(-c3ccc4ccccc4c3)c2cc1/C(C)=C/C(=O)NCc1ccc(C)cc1. The number of amides is 1. The highest BCUT2D eigenvalue weighted by molar-refractivity contribution is 6.01. The van der Waals surface area contributed by atoms with Crippen molar-refractivity contribution in [1.29, 1.82) is 0 Å². The second kappa shape index (κ2) is 10.1. The third kappa shape index (κ3) is 4.89. The summed E-state index contributed by atoms with van der Waals surface area (Å²) in [7, 11) is 0. The first kappa shape index (κ1) is 23.4. The van der Waals surface area contributed by atoms with E-state index in [0.29, 0.717) is 18.9 Å². The van der Waals surface area contributed by atoms with E-state index in [9.17, 15) is 4.79 Å². The smallest absolute Gasteiger partial charge is 0.244 e. The Morgan fingerprint density at radius 2 is 1.75 bits per heavy atom. The Kier molecular flexibility index (Phi) is 6.59. The molecule has 0 radical (unpaired) electrons. The van der Waals surface area contributed by atoms with Gasteiger partial charge in [0, 0.05) is 35.2 Å². The van der Waals surface area contributed by atoms with E-state index in [2.05, 4.69) is 41.7 Å². The van der Waals surface area contributed by atoms with E-state index in [4.69, 9.17) is 9.15 Å². The quantitative estimate of drug-likeness (QED) is 0.246. The second-order valence-corrected chi connectivity index (χ2v) is 9.02. The van der Waals surface area contributed by atoms with Gasteiger partial charge in [0.15, 0.2) is 0 Å². The van der Waals surface area contributed by atoms with Crippen molar-refractivity contribution in [3.63, 3.8) is 0 Å². The van der Waals surface area contributed by atoms with Crippen molar-refractivity contribution >= 4 is 33.2 Å². The summed E-state index contributed by atoms with van der Waals surface area (Å²) in [5.74, 6) is 0.557. The number of hydrogen-bond acceptors (Lipinski definition) is 3. The fourth-order valence-electron chi connectivity index (χ4n) is 4.44. The fourth-order valence-corrected chi connectivity index (χ4v) is 4.44. The third-order valence-corrected chi connectivity index (χ3v) is 6.40. The third-order valence-electron chi connectivity index (χ3n) is 6.40. The molecule has 36 heavy (non-hydrogen) atoms. The molecule has 180 valence electrons. The maximum absolute atomic E-state index is 12.7. The summed E-state index contributed by atoms with van der Waals surface area (Å²) < 4.78 is 11.9. The molecule has 4 nitrogen and oxygen atoms in total. The number of rotatable bonds is 7. The van der Waals surface area contributed by atoms with Gasteiger partial charge in [-0.3, -0.25) is 4.79 Å². The zero-order chi connectivity index (χ0) is 25.1. The number of furan rings is 1. The molecule has 1 aromatic heterocycles. The number of carbonyl (C=O) groups is 1. The van der Waals surface area contributed by atoms with Crippen LogP contribution >= 0.6 is 0 Å². The molecular formula is C32H29NO3. The largest absolute Gasteiger partial charge is 0.493 e. The molecule has 0 saturated carbocycles. The van der Waals surface area contributed by atoms with Crippen molar-refractivity contribution in [1.82, 2.24) is 5.32 Å². The average Bonchev–Trinajstić information content (AvgIpc) is 3.30. The highest BCUT2D eigenvalue weighted by atomic mass is 16.5. The fraction of sp³-hybridized carbons (Fsp3) is 0.156. The van der Waals surface area contributed by atoms with Gasteiger partial charge in [-0.1, -0.05) is 66.2 Å². The maximum atomic E-state index is 12.7. The van der Waals surface area contributed by atoms with Crippen LogP contribution in [0.2, 0.25) is 0 Å². The molecule has 1 amide bonds. The Morgan fingerprint density at radius 1 is 0.972 bits per heavy atom. The molecule has 5 rings (SSSR count). The Morgan fingerprint density at radius 3 is 2.53 bits per heavy atom. The Balaban J connectivity index is 1.48. The normalized spacial score (nSPS) is 11.7. The van der Waals surface area contributed by atoms with Gasteiger partial charge in [0.1, 0.15) is 11.3 Å². The van der Waals surface area contributed by atoms with E-state index >= 15 is 0 Å². The van der Waals surface area contributed by atoms with E-state index in [0.717, 1.165) is 38.8 Å². The molecular weight excluding hydrogens is 446 g/mol. The van der Waals surface area contributed by atoms with Crippen LogP contribution in [0.1, 0.15) is 30.5 Å². The Bertz CT molecular complexity index is 1570. The van der Waals surface area contributed by atoms with E-state index in [-0.39, 0.29) is 5.91 Å². The summed E-state index contributed by atoms with van der Waals surface area (Å²) in [4.78, 5) is 12.7. The maximum Gasteiger partial charge on any atom is 0.244 e. The van der Waals surface area contributed by atoms with Crippen LogP contribution in [-0.4, -0.2) is 12.5 Å². The number of ether oxygens (including phenoxy) is 1. The van der Waals surface area contributed by atoms with Crippen molar-refractivity contribution in [3.05, 3.63) is 108 Å². The lowest BCUT2D eigenvalue weighted by Crippen LogP contribution is -2.20. The number of benzene rings is 4. The van der Waals surface area contributed by atoms with E-state index in [1.807, 2.05) is 63.2 Å². The molecule has 0 spiro atoms. The van der Waals surface area contributed by atoms with Crippen LogP contribution in [0.3, 0.4) is 0 Å². The summed E-state index contributed by atoms with van der Waals surface area (Å²) in [5.41, 5.74) is 6.81. The molecule has 4 heteroatoms. The lowest BCUT2D eigenvalue weighted by molar-refractivity contribution is -0.116. The molecule has 0 aliphatic heterocycles. The first-order chi connectivity index (χ1) is 17.5. The highest BCUT2D eigenvalue weighted by Crippen LogP contribution is 2.38. The number of nitrogens with one attached hydrogen (secondary N) is 1. The molecule has 0 saturated heterocycles. The highest BCUT2D eigenvalue weighted by Gasteiger charge is 2.15. The molecule has 0 fully saturated rings. The lowest BCUT2D eigenvalue weighted by Gasteiger charge is -2.12. The van der Waals surface area contributed by atoms with Crippen LogP contribution < -0.4 is 10.1 Å². The molecule has 1 N–H and O–H groups in total. The number of aryl methyl sites for hydroxylation is 1. The molecule has 1 heterocycles. The lowest BCUT2D eigenvalue weighted by atomic mass is 9.97. The predicted molar refractivity (Wildman–Crippen MR) is 147 cm³/mol. The van der Waals surface area contributed by atoms with Gasteiger partial charge in [-0.05, 0) is 60.4 Å². The van der Waals surface area contributed by atoms with Gasteiger partial charge in [-0.25, -0.2) is 0 Å². The molecule has 4 aromatic carbocycles. The van der Waals surface area contributed by atoms with Crippen molar-refractivity contribution in [2.75, 3.05) is 6.61 Å². The van der Waals surface area contributed by atoms with Gasteiger partial charge in [0.05, 0.1) is 12.9 Å². The molecule has 0 atom stereocenters. The van der Waals surface area contributed by atoms with E-state index < -0.39 is 0 Å². The van der Waals surface area contributed by atoms with Crippen LogP contribution in [0.4, 0.5) is 0 Å². The average molecular weight is 476 g/mol. The summed E-state index contributed by atoms with van der Waals surface area (Å²) in [6.07, 6.45) is 3.43. The van der Waals surface area contributed by atoms with Gasteiger partial charge < -0.3 is 14.5 Å². The zero-order valence-electron chi connectivity index (χ0n) is 20.8. The van der Waals surface area contributed by atoms with Gasteiger partial charge in [0.25, 0.3) is 0 Å². The summed E-state index contributed by atoms with van der Waals surface area (Å²) in [6, 6.07) is 26.9. The molecule has 0 aliphatic carbocycles. The van der Waals surface area contributed by atoms with Crippen LogP contribution in [0.5, 0.6) is 5.75 Å². The van der Waals surface area contributed by atoms with Crippen LogP contribution in [0.25, 0.3) is 38.4 Å². The van der Waals surface area contributed by atoms with Crippen molar-refractivity contribution in [2.45, 2.75) is 27.3 Å². The summed E-state index contributed by atoms with van der Waals surface area (Å²) in [6.45, 7) is 6.93. The first-order valence-corrected chi connectivity index (χ1v) is 12.2. The van der Waals surface area contributed by atoms with Gasteiger partial charge in [-0.2, -0.15) is 0 Å². The zero-order valence-corrected chi connectivity index (χ0v) is 20.8. The monoisotopic (exact) mass is 475 g/mol. The minimum absolute atomic E-state index is 0.141. The standard InChI is InChI=1S/C32H29NO3/c1-4-35-30-18-31-28(29(20-36-31)26-14-13-24-7-5-6-8-25(24)16-26)17-27(30)22(3)15-32(34)33-19-23-11-9-21(2)10-12-23/h5-18,20H,4,19H2,1-3H3,(H,33,34)/b22-15+. The summed E-state index contributed by atoms with van der Waals surface area (Å²) >= 11 is 0. The van der Waals surface area contributed by atoms with Crippen molar-refractivity contribution in [2.24, 2.45) is 0 Å². The second-order valence-electron chi connectivity index (χ2n) is 9.02. The van der Waals surface area contributed by atoms with E-state index in [1.165, 1.54) is 16.3 Å². The van der Waals surface area contributed by atoms with Crippen molar-refractivity contribution in [3.8, 4) is 16.9 Å². The number of carbonyl (C=O) groups excluding carboxylic acids is 1. The molecule has 0 aliphatic rings. The number of fused-ring (bicyclic) bond motifs is 2. The summed E-state index contributed by atoms with van der Waals surface area (Å²) in [5, 5.41) is 6.34. The van der Waals surface area contributed by atoms with Crippen molar-refractivity contribution < 1.29 is 13.9 Å². The van der Waals surface area contributed by atoms with Crippen LogP contribution in [-0.2, 0) is 11.3 Å². The van der Waals surface area contributed by atoms with E-state index in [1.54, 1.807) is 12.3 Å². The van der Waals surface area contributed by atoms with Crippen LogP contribution in [0, 0.1) is 6.92 Å². The Hall–Kier alpha value is -4.31. The van der Waals surface area contributed by atoms with Gasteiger partial charge in [0.2, 0.25) is 5.91 Å². The number of allylic oxidation sites excluding steroid dienone is 1. The van der Waals surface area contributed by atoms with Gasteiger partial charge >= 0.3 is 0 Å².